The second-order valence-corrected chi connectivity index (χ2v) is 4.82. The minimum atomic E-state index is -2.32. The van der Waals surface area contributed by atoms with E-state index in [1.807, 2.05) is 13.0 Å². The Balaban J connectivity index is 3.80. The molecule has 0 aromatic heterocycles. The van der Waals surface area contributed by atoms with E-state index < -0.39 is 10.8 Å². The van der Waals surface area contributed by atoms with E-state index in [9.17, 15) is 4.55 Å². The molecule has 0 rings (SSSR count). The molecule has 3 N–H and O–H groups in total. The normalized spacial score (nSPS) is 21.8. The summed E-state index contributed by atoms with van der Waals surface area (Å²) in [5, 5.41) is 5.49. The van der Waals surface area contributed by atoms with Crippen LogP contribution in [-0.4, -0.2) is 16.9 Å². The molecule has 3 nitrogen and oxygen atoms in total. The van der Waals surface area contributed by atoms with Crippen molar-refractivity contribution in [1.82, 2.24) is 0 Å². The van der Waals surface area contributed by atoms with Gasteiger partial charge >= 0.3 is 0 Å². The van der Waals surface area contributed by atoms with Gasteiger partial charge in [0.2, 0.25) is 0 Å². The van der Waals surface area contributed by atoms with Gasteiger partial charge in [-0.15, -0.1) is 17.4 Å². The zero-order valence-electron chi connectivity index (χ0n) is 7.12. The molecule has 0 aliphatic carbocycles. The molecule has 0 aromatic rings. The van der Waals surface area contributed by atoms with Crippen LogP contribution < -0.4 is 5.14 Å². The average Bonchev–Trinajstić information content (AvgIpc) is 2.00. The van der Waals surface area contributed by atoms with Crippen LogP contribution in [0.25, 0.3) is 0 Å². The summed E-state index contributed by atoms with van der Waals surface area (Å²) in [5.74, 6) is 0. The molecule has 0 aliphatic heterocycles. The van der Waals surface area contributed by atoms with Gasteiger partial charge in [0.05, 0.1) is 12.4 Å². The van der Waals surface area contributed by atoms with Crippen molar-refractivity contribution in [3.05, 3.63) is 12.7 Å². The predicted octanol–water partition coefficient (Wildman–Crippen LogP) is 2.05. The van der Waals surface area contributed by atoms with Gasteiger partial charge in [-0.25, -0.2) is 5.14 Å². The second kappa shape index (κ2) is 4.77. The molecular weight excluding hydrogens is 162 g/mol. The molecule has 0 saturated heterocycles. The summed E-state index contributed by atoms with van der Waals surface area (Å²) in [6.45, 7) is 5.46. The van der Waals surface area contributed by atoms with Crippen LogP contribution in [0.5, 0.6) is 0 Å². The van der Waals surface area contributed by atoms with E-state index in [1.54, 1.807) is 0 Å². The van der Waals surface area contributed by atoms with E-state index in [2.05, 4.69) is 6.58 Å². The standard InChI is InChI=1S/C7H17NO2S/c1-4-5-6-7(2)11(8,9)10-3/h4,7,9H,1,5-6,8H2,2-3H3. The number of rotatable bonds is 5. The maximum absolute atomic E-state index is 9.42. The predicted molar refractivity (Wildman–Crippen MR) is 50.3 cm³/mol. The molecule has 2 atom stereocenters. The summed E-state index contributed by atoms with van der Waals surface area (Å²) in [7, 11) is -0.888. The number of allylic oxidation sites excluding steroid dienone is 1. The molecule has 2 unspecified atom stereocenters. The van der Waals surface area contributed by atoms with Crippen molar-refractivity contribution >= 4 is 10.8 Å². The highest BCUT2D eigenvalue weighted by molar-refractivity contribution is 8.23. The third-order valence-electron chi connectivity index (χ3n) is 1.62. The van der Waals surface area contributed by atoms with Crippen LogP contribution in [0.3, 0.4) is 0 Å². The van der Waals surface area contributed by atoms with Gasteiger partial charge in [0, 0.05) is 0 Å². The Morgan fingerprint density at radius 2 is 2.36 bits per heavy atom. The van der Waals surface area contributed by atoms with Gasteiger partial charge in [0.15, 0.2) is 0 Å². The first-order chi connectivity index (χ1) is 5.04. The minimum Gasteiger partial charge on any atom is -0.285 e. The lowest BCUT2D eigenvalue weighted by atomic mass is 10.2. The van der Waals surface area contributed by atoms with Gasteiger partial charge in [-0.1, -0.05) is 6.08 Å². The highest BCUT2D eigenvalue weighted by Gasteiger charge is 2.17. The Labute approximate surface area is 70.1 Å². The average molecular weight is 179 g/mol. The SMILES string of the molecule is C=CCCC(C)S(N)(O)OC. The summed E-state index contributed by atoms with van der Waals surface area (Å²) >= 11 is 0. The topological polar surface area (TPSA) is 55.5 Å². The minimum absolute atomic E-state index is 0.00509. The molecule has 0 amide bonds. The first-order valence-corrected chi connectivity index (χ1v) is 5.17. The van der Waals surface area contributed by atoms with E-state index in [1.165, 1.54) is 7.11 Å². The van der Waals surface area contributed by atoms with Gasteiger partial charge in [0.1, 0.15) is 0 Å². The van der Waals surface area contributed by atoms with E-state index in [0.717, 1.165) is 12.8 Å². The van der Waals surface area contributed by atoms with Crippen molar-refractivity contribution in [3.63, 3.8) is 0 Å². The maximum atomic E-state index is 9.42. The molecular formula is C7H17NO2S. The van der Waals surface area contributed by atoms with Crippen LogP contribution in [0.2, 0.25) is 0 Å². The second-order valence-electron chi connectivity index (χ2n) is 2.46. The van der Waals surface area contributed by atoms with E-state index >= 15 is 0 Å². The van der Waals surface area contributed by atoms with Crippen molar-refractivity contribution in [2.75, 3.05) is 7.11 Å². The summed E-state index contributed by atoms with van der Waals surface area (Å²) < 4.78 is 14.2. The highest BCUT2D eigenvalue weighted by atomic mass is 32.3. The van der Waals surface area contributed by atoms with Crippen LogP contribution >= 0.6 is 10.8 Å². The fourth-order valence-electron chi connectivity index (χ4n) is 0.686. The molecule has 0 fully saturated rings. The smallest absolute Gasteiger partial charge is 0.0620 e. The molecule has 11 heavy (non-hydrogen) atoms. The molecule has 0 aromatic carbocycles. The number of hydrogen-bond donors (Lipinski definition) is 2. The highest BCUT2D eigenvalue weighted by Crippen LogP contribution is 2.42. The van der Waals surface area contributed by atoms with Crippen LogP contribution in [0.15, 0.2) is 12.7 Å². The van der Waals surface area contributed by atoms with Crippen molar-refractivity contribution in [1.29, 1.82) is 0 Å². The molecule has 4 heteroatoms. The lowest BCUT2D eigenvalue weighted by Crippen LogP contribution is -2.23. The zero-order chi connectivity index (χ0) is 8.91. The monoisotopic (exact) mass is 179 g/mol. The van der Waals surface area contributed by atoms with Crippen LogP contribution in [0, 0.1) is 0 Å². The Morgan fingerprint density at radius 3 is 2.73 bits per heavy atom. The molecule has 0 saturated carbocycles. The van der Waals surface area contributed by atoms with Crippen molar-refractivity contribution in [3.8, 4) is 0 Å². The molecule has 0 aliphatic rings. The summed E-state index contributed by atoms with van der Waals surface area (Å²) in [5.41, 5.74) is 0. The largest absolute Gasteiger partial charge is 0.285 e. The Bertz CT molecular complexity index is 128. The third kappa shape index (κ3) is 3.76. The molecule has 0 heterocycles. The van der Waals surface area contributed by atoms with Gasteiger partial charge in [-0.2, -0.15) is 0 Å². The lowest BCUT2D eigenvalue weighted by Gasteiger charge is -2.37. The quantitative estimate of drug-likeness (QED) is 0.635. The third-order valence-corrected chi connectivity index (χ3v) is 3.54. The fourth-order valence-corrected chi connectivity index (χ4v) is 1.49. The molecule has 0 bridgehead atoms. The summed E-state index contributed by atoms with van der Waals surface area (Å²) in [4.78, 5) is 0. The van der Waals surface area contributed by atoms with Gasteiger partial charge in [-0.3, -0.25) is 8.74 Å². The van der Waals surface area contributed by atoms with E-state index in [4.69, 9.17) is 9.32 Å². The molecule has 68 valence electrons. The number of hydrogen-bond acceptors (Lipinski definition) is 3. The van der Waals surface area contributed by atoms with Gasteiger partial charge in [0.25, 0.3) is 0 Å². The first kappa shape index (κ1) is 11.0. The van der Waals surface area contributed by atoms with E-state index in [-0.39, 0.29) is 5.25 Å². The number of nitrogens with two attached hydrogens (primary N) is 1. The zero-order valence-corrected chi connectivity index (χ0v) is 7.93. The Morgan fingerprint density at radius 1 is 1.82 bits per heavy atom. The maximum Gasteiger partial charge on any atom is 0.0620 e. The van der Waals surface area contributed by atoms with Crippen molar-refractivity contribution in [2.45, 2.75) is 25.0 Å². The van der Waals surface area contributed by atoms with Gasteiger partial charge in [-0.05, 0) is 19.8 Å². The van der Waals surface area contributed by atoms with Crippen molar-refractivity contribution in [2.24, 2.45) is 5.14 Å². The van der Waals surface area contributed by atoms with Crippen molar-refractivity contribution < 1.29 is 8.74 Å². The Kier molecular flexibility index (Phi) is 4.76. The summed E-state index contributed by atoms with van der Waals surface area (Å²) in [6.07, 6.45) is 3.48. The fraction of sp³-hybridized carbons (Fsp3) is 0.714. The molecule has 0 radical (unpaired) electrons. The molecule has 0 spiro atoms. The first-order valence-electron chi connectivity index (χ1n) is 3.53. The van der Waals surface area contributed by atoms with Crippen LogP contribution in [-0.2, 0) is 4.18 Å². The summed E-state index contributed by atoms with van der Waals surface area (Å²) in [6, 6.07) is 0. The van der Waals surface area contributed by atoms with E-state index in [0.29, 0.717) is 0 Å². The van der Waals surface area contributed by atoms with Crippen LogP contribution in [0.1, 0.15) is 19.8 Å². The van der Waals surface area contributed by atoms with Gasteiger partial charge < -0.3 is 0 Å². The van der Waals surface area contributed by atoms with Crippen LogP contribution in [0.4, 0.5) is 0 Å². The lowest BCUT2D eigenvalue weighted by molar-refractivity contribution is 0.385. The Hall–Kier alpha value is -0.0300.